The molecule has 21 heavy (non-hydrogen) atoms. The van der Waals surface area contributed by atoms with Crippen molar-refractivity contribution in [2.75, 3.05) is 0 Å². The Balaban J connectivity index is 1.95. The Bertz CT molecular complexity index is 540. The molecule has 0 unspecified atom stereocenters. The summed E-state index contributed by atoms with van der Waals surface area (Å²) in [4.78, 5) is 12.3. The Morgan fingerprint density at radius 1 is 1.33 bits per heavy atom. The summed E-state index contributed by atoms with van der Waals surface area (Å²) in [6.45, 7) is 3.99. The Labute approximate surface area is 124 Å². The van der Waals surface area contributed by atoms with Gasteiger partial charge in [-0.1, -0.05) is 55.8 Å². The average Bonchev–Trinajstić information content (AvgIpc) is 3.02. The second kappa shape index (κ2) is 7.52. The number of hydrogen-bond acceptors (Lipinski definition) is 4. The maximum absolute atomic E-state index is 12.3. The normalized spacial score (nSPS) is 13.6. The van der Waals surface area contributed by atoms with Crippen molar-refractivity contribution < 1.29 is 4.79 Å². The summed E-state index contributed by atoms with van der Waals surface area (Å²) < 4.78 is 0. The molecular formula is C15H21N5O. The van der Waals surface area contributed by atoms with Gasteiger partial charge in [0.15, 0.2) is 5.82 Å². The van der Waals surface area contributed by atoms with Gasteiger partial charge in [0.1, 0.15) is 0 Å². The van der Waals surface area contributed by atoms with Gasteiger partial charge in [0.25, 0.3) is 0 Å². The predicted octanol–water partition coefficient (Wildman–Crippen LogP) is 2.04. The summed E-state index contributed by atoms with van der Waals surface area (Å²) in [5, 5.41) is 16.9. The maximum Gasteiger partial charge on any atom is 0.223 e. The van der Waals surface area contributed by atoms with Gasteiger partial charge in [0.2, 0.25) is 5.91 Å². The smallest absolute Gasteiger partial charge is 0.223 e. The molecule has 0 spiro atoms. The molecular weight excluding hydrogens is 266 g/mol. The highest BCUT2D eigenvalue weighted by molar-refractivity contribution is 5.78. The summed E-state index contributed by atoms with van der Waals surface area (Å²) in [5.41, 5.74) is 1.16. The number of carbonyl (C=O) groups excluding carboxylic acids is 1. The lowest BCUT2D eigenvalue weighted by molar-refractivity contribution is -0.125. The Hall–Kier alpha value is -2.24. The largest absolute Gasteiger partial charge is 0.346 e. The number of H-pyrrole nitrogens is 1. The molecule has 0 aliphatic heterocycles. The van der Waals surface area contributed by atoms with Gasteiger partial charge in [0, 0.05) is 5.92 Å². The second-order valence-corrected chi connectivity index (χ2v) is 5.21. The number of amides is 1. The number of nitrogens with one attached hydrogen (secondary N) is 2. The molecule has 1 amide bonds. The molecule has 1 aromatic heterocycles. The highest BCUT2D eigenvalue weighted by Crippen LogP contribution is 2.15. The first kappa shape index (κ1) is 15.2. The first-order valence-electron chi connectivity index (χ1n) is 7.28. The summed E-state index contributed by atoms with van der Waals surface area (Å²) >= 11 is 0. The Morgan fingerprint density at radius 2 is 2.10 bits per heavy atom. The van der Waals surface area contributed by atoms with Crippen LogP contribution in [-0.2, 0) is 11.2 Å². The summed E-state index contributed by atoms with van der Waals surface area (Å²) in [5.74, 6) is 0.456. The van der Waals surface area contributed by atoms with Crippen LogP contribution in [0.5, 0.6) is 0 Å². The third-order valence-electron chi connectivity index (χ3n) is 3.40. The molecule has 2 N–H and O–H groups in total. The lowest BCUT2D eigenvalue weighted by atomic mass is 9.99. The van der Waals surface area contributed by atoms with Crippen molar-refractivity contribution in [3.63, 3.8) is 0 Å². The van der Waals surface area contributed by atoms with Crippen molar-refractivity contribution >= 4 is 5.91 Å². The summed E-state index contributed by atoms with van der Waals surface area (Å²) in [7, 11) is 0. The first-order chi connectivity index (χ1) is 10.2. The van der Waals surface area contributed by atoms with Crippen LogP contribution in [0.15, 0.2) is 30.3 Å². The summed E-state index contributed by atoms with van der Waals surface area (Å²) in [6.07, 6.45) is 2.45. The van der Waals surface area contributed by atoms with E-state index in [2.05, 4.69) is 32.9 Å². The van der Waals surface area contributed by atoms with Crippen LogP contribution in [0.1, 0.15) is 44.1 Å². The van der Waals surface area contributed by atoms with E-state index in [1.165, 1.54) is 0 Å². The highest BCUT2D eigenvalue weighted by Gasteiger charge is 2.21. The van der Waals surface area contributed by atoms with Crippen molar-refractivity contribution in [1.29, 1.82) is 0 Å². The fourth-order valence-corrected chi connectivity index (χ4v) is 2.25. The van der Waals surface area contributed by atoms with Crippen LogP contribution in [0.25, 0.3) is 0 Å². The third kappa shape index (κ3) is 4.37. The first-order valence-corrected chi connectivity index (χ1v) is 7.28. The number of nitrogens with zero attached hydrogens (tertiary/aromatic N) is 3. The van der Waals surface area contributed by atoms with E-state index in [0.717, 1.165) is 24.8 Å². The van der Waals surface area contributed by atoms with Gasteiger partial charge in [0.05, 0.1) is 6.04 Å². The van der Waals surface area contributed by atoms with E-state index in [1.54, 1.807) is 0 Å². The highest BCUT2D eigenvalue weighted by atomic mass is 16.1. The van der Waals surface area contributed by atoms with Gasteiger partial charge < -0.3 is 5.32 Å². The van der Waals surface area contributed by atoms with Gasteiger partial charge in [-0.05, 0) is 18.4 Å². The van der Waals surface area contributed by atoms with E-state index in [0.29, 0.717) is 5.82 Å². The van der Waals surface area contributed by atoms with Crippen LogP contribution in [-0.4, -0.2) is 26.5 Å². The summed E-state index contributed by atoms with van der Waals surface area (Å²) in [6, 6.07) is 9.83. The van der Waals surface area contributed by atoms with Crippen LogP contribution >= 0.6 is 0 Å². The van der Waals surface area contributed by atoms with E-state index < -0.39 is 0 Å². The Kier molecular flexibility index (Phi) is 5.43. The van der Waals surface area contributed by atoms with E-state index in [9.17, 15) is 4.79 Å². The number of rotatable bonds is 7. The van der Waals surface area contributed by atoms with Gasteiger partial charge >= 0.3 is 0 Å². The maximum atomic E-state index is 12.3. The molecule has 2 aromatic rings. The Morgan fingerprint density at radius 3 is 2.71 bits per heavy atom. The van der Waals surface area contributed by atoms with Crippen LogP contribution in [0, 0.1) is 5.92 Å². The van der Waals surface area contributed by atoms with E-state index in [-0.39, 0.29) is 17.9 Å². The fourth-order valence-electron chi connectivity index (χ4n) is 2.25. The number of hydrogen-bond donors (Lipinski definition) is 2. The fraction of sp³-hybridized carbons (Fsp3) is 0.467. The van der Waals surface area contributed by atoms with Gasteiger partial charge in [-0.15, -0.1) is 10.2 Å². The average molecular weight is 287 g/mol. The standard InChI is InChI=1S/C15H21N5O/c1-3-7-13(14-17-19-20-18-14)16-15(21)11(2)10-12-8-5-4-6-9-12/h4-6,8-9,11,13H,3,7,10H2,1-2H3,(H,16,21)(H,17,18,19,20)/t11-,13-/m0/s1. The molecule has 2 rings (SSSR count). The zero-order valence-electron chi connectivity index (χ0n) is 12.4. The molecule has 0 fully saturated rings. The number of tetrazole rings is 1. The molecule has 0 radical (unpaired) electrons. The van der Waals surface area contributed by atoms with Crippen molar-refractivity contribution in [1.82, 2.24) is 25.9 Å². The lowest BCUT2D eigenvalue weighted by Crippen LogP contribution is -2.34. The molecule has 2 atom stereocenters. The molecule has 0 saturated carbocycles. The molecule has 0 aliphatic carbocycles. The minimum absolute atomic E-state index is 0.0158. The van der Waals surface area contributed by atoms with Crippen LogP contribution < -0.4 is 5.32 Å². The molecule has 112 valence electrons. The van der Waals surface area contributed by atoms with Gasteiger partial charge in [-0.3, -0.25) is 4.79 Å². The van der Waals surface area contributed by atoms with Gasteiger partial charge in [-0.2, -0.15) is 5.21 Å². The predicted molar refractivity (Wildman–Crippen MR) is 79.3 cm³/mol. The molecule has 6 heteroatoms. The van der Waals surface area contributed by atoms with E-state index in [1.807, 2.05) is 37.3 Å². The number of carbonyl (C=O) groups is 1. The molecule has 1 aromatic carbocycles. The monoisotopic (exact) mass is 287 g/mol. The van der Waals surface area contributed by atoms with Crippen molar-refractivity contribution in [3.8, 4) is 0 Å². The van der Waals surface area contributed by atoms with E-state index >= 15 is 0 Å². The molecule has 0 aliphatic rings. The minimum Gasteiger partial charge on any atom is -0.346 e. The van der Waals surface area contributed by atoms with Crippen molar-refractivity contribution in [2.45, 2.75) is 39.2 Å². The van der Waals surface area contributed by atoms with Crippen molar-refractivity contribution in [3.05, 3.63) is 41.7 Å². The third-order valence-corrected chi connectivity index (χ3v) is 3.40. The zero-order valence-corrected chi connectivity index (χ0v) is 12.4. The van der Waals surface area contributed by atoms with Crippen LogP contribution in [0.3, 0.4) is 0 Å². The molecule has 1 heterocycles. The topological polar surface area (TPSA) is 83.6 Å². The van der Waals surface area contributed by atoms with Crippen LogP contribution in [0.2, 0.25) is 0 Å². The SMILES string of the molecule is CCC[C@H](NC(=O)[C@@H](C)Cc1ccccc1)c1nn[nH]n1. The quantitative estimate of drug-likeness (QED) is 0.816. The number of aromatic amines is 1. The van der Waals surface area contributed by atoms with Crippen molar-refractivity contribution in [2.24, 2.45) is 5.92 Å². The molecule has 6 nitrogen and oxygen atoms in total. The zero-order chi connectivity index (χ0) is 15.1. The van der Waals surface area contributed by atoms with Crippen LogP contribution in [0.4, 0.5) is 0 Å². The minimum atomic E-state index is -0.181. The van der Waals surface area contributed by atoms with Gasteiger partial charge in [-0.25, -0.2) is 0 Å². The number of benzene rings is 1. The lowest BCUT2D eigenvalue weighted by Gasteiger charge is -2.18. The number of aromatic nitrogens is 4. The molecule has 0 saturated heterocycles. The molecule has 0 bridgehead atoms. The second-order valence-electron chi connectivity index (χ2n) is 5.21. The van der Waals surface area contributed by atoms with E-state index in [4.69, 9.17) is 0 Å².